The van der Waals surface area contributed by atoms with Gasteiger partial charge in [-0.1, -0.05) is 19.3 Å². The van der Waals surface area contributed by atoms with Gasteiger partial charge in [0.1, 0.15) is 0 Å². The Morgan fingerprint density at radius 1 is 1.26 bits per heavy atom. The van der Waals surface area contributed by atoms with Gasteiger partial charge in [0.2, 0.25) is 0 Å². The number of hydrogen-bond acceptors (Lipinski definition) is 4. The summed E-state index contributed by atoms with van der Waals surface area (Å²) in [4.78, 5) is 12.0. The highest BCUT2D eigenvalue weighted by atomic mass is 16.3. The number of nitrogen functional groups attached to an aromatic ring is 2. The minimum atomic E-state index is -0.767. The lowest BCUT2D eigenvalue weighted by atomic mass is 9.85. The zero-order valence-electron chi connectivity index (χ0n) is 11.0. The Morgan fingerprint density at radius 2 is 1.95 bits per heavy atom. The molecule has 1 aromatic carbocycles. The Morgan fingerprint density at radius 3 is 2.58 bits per heavy atom. The van der Waals surface area contributed by atoms with Gasteiger partial charge in [0.05, 0.1) is 11.2 Å². The lowest BCUT2D eigenvalue weighted by Gasteiger charge is -2.32. The normalized spacial score (nSPS) is 17.9. The van der Waals surface area contributed by atoms with E-state index in [2.05, 4.69) is 5.32 Å². The Bertz CT molecular complexity index is 468. The second kappa shape index (κ2) is 5.48. The Hall–Kier alpha value is -1.75. The second-order valence-electron chi connectivity index (χ2n) is 5.31. The molecular weight excluding hydrogens is 242 g/mol. The molecule has 1 amide bonds. The van der Waals surface area contributed by atoms with Gasteiger partial charge in [-0.25, -0.2) is 0 Å². The van der Waals surface area contributed by atoms with E-state index in [-0.39, 0.29) is 12.5 Å². The van der Waals surface area contributed by atoms with Gasteiger partial charge >= 0.3 is 0 Å². The molecule has 0 unspecified atom stereocenters. The van der Waals surface area contributed by atoms with Crippen molar-refractivity contribution in [1.29, 1.82) is 0 Å². The molecule has 1 saturated carbocycles. The Labute approximate surface area is 113 Å². The van der Waals surface area contributed by atoms with E-state index in [0.717, 1.165) is 32.1 Å². The van der Waals surface area contributed by atoms with Crippen LogP contribution in [0.25, 0.3) is 0 Å². The first-order chi connectivity index (χ1) is 9.00. The number of hydrogen-bond donors (Lipinski definition) is 4. The molecule has 104 valence electrons. The number of nitrogens with two attached hydrogens (primary N) is 2. The fourth-order valence-corrected chi connectivity index (χ4v) is 2.51. The molecular formula is C14H21N3O2. The van der Waals surface area contributed by atoms with Crippen LogP contribution >= 0.6 is 0 Å². The molecule has 0 atom stereocenters. The minimum Gasteiger partial charge on any atom is -0.399 e. The number of amides is 1. The number of carbonyl (C=O) groups is 1. The number of rotatable bonds is 3. The van der Waals surface area contributed by atoms with Crippen molar-refractivity contribution in [3.8, 4) is 0 Å². The molecule has 19 heavy (non-hydrogen) atoms. The van der Waals surface area contributed by atoms with E-state index in [4.69, 9.17) is 11.5 Å². The summed E-state index contributed by atoms with van der Waals surface area (Å²) in [6.45, 7) is 0.273. The zero-order chi connectivity index (χ0) is 13.9. The van der Waals surface area contributed by atoms with Crippen LogP contribution in [0.1, 0.15) is 42.5 Å². The Kier molecular flexibility index (Phi) is 3.95. The van der Waals surface area contributed by atoms with Crippen LogP contribution in [-0.2, 0) is 0 Å². The SMILES string of the molecule is Nc1ccc(C(=O)NCC2(O)CCCCC2)c(N)c1. The Balaban J connectivity index is 1.97. The number of aliphatic hydroxyl groups is 1. The molecule has 0 radical (unpaired) electrons. The molecule has 1 aliphatic rings. The van der Waals surface area contributed by atoms with Gasteiger partial charge in [0.25, 0.3) is 5.91 Å². The largest absolute Gasteiger partial charge is 0.399 e. The van der Waals surface area contributed by atoms with Crippen LogP contribution < -0.4 is 16.8 Å². The van der Waals surface area contributed by atoms with Crippen molar-refractivity contribution < 1.29 is 9.90 Å². The maximum atomic E-state index is 12.0. The molecule has 0 spiro atoms. The average Bonchev–Trinajstić information content (AvgIpc) is 2.37. The second-order valence-corrected chi connectivity index (χ2v) is 5.31. The molecule has 0 aromatic heterocycles. The molecule has 1 aliphatic carbocycles. The fraction of sp³-hybridized carbons (Fsp3) is 0.500. The van der Waals surface area contributed by atoms with Crippen LogP contribution in [0.4, 0.5) is 11.4 Å². The van der Waals surface area contributed by atoms with Crippen molar-refractivity contribution >= 4 is 17.3 Å². The molecule has 1 fully saturated rings. The number of benzene rings is 1. The van der Waals surface area contributed by atoms with Crippen molar-refractivity contribution in [2.45, 2.75) is 37.7 Å². The first-order valence-electron chi connectivity index (χ1n) is 6.66. The minimum absolute atomic E-state index is 0.267. The number of nitrogens with one attached hydrogen (secondary N) is 1. The molecule has 6 N–H and O–H groups in total. The average molecular weight is 263 g/mol. The summed E-state index contributed by atoms with van der Waals surface area (Å²) in [7, 11) is 0. The monoisotopic (exact) mass is 263 g/mol. The van der Waals surface area contributed by atoms with Crippen molar-refractivity contribution in [3.05, 3.63) is 23.8 Å². The van der Waals surface area contributed by atoms with Gasteiger partial charge in [0, 0.05) is 17.9 Å². The van der Waals surface area contributed by atoms with Crippen molar-refractivity contribution in [1.82, 2.24) is 5.32 Å². The van der Waals surface area contributed by atoms with Gasteiger partial charge in [-0.2, -0.15) is 0 Å². The first kappa shape index (κ1) is 13.7. The summed E-state index contributed by atoms with van der Waals surface area (Å²) in [6, 6.07) is 4.80. The summed E-state index contributed by atoms with van der Waals surface area (Å²) in [5.41, 5.74) is 11.9. The van der Waals surface area contributed by atoms with E-state index in [1.54, 1.807) is 18.2 Å². The molecule has 0 saturated heterocycles. The highest BCUT2D eigenvalue weighted by molar-refractivity contribution is 5.99. The summed E-state index contributed by atoms with van der Waals surface area (Å²) in [5, 5.41) is 13.1. The van der Waals surface area contributed by atoms with E-state index < -0.39 is 5.60 Å². The van der Waals surface area contributed by atoms with Gasteiger partial charge in [-0.15, -0.1) is 0 Å². The highest BCUT2D eigenvalue weighted by Gasteiger charge is 2.29. The third-order valence-corrected chi connectivity index (χ3v) is 3.68. The topological polar surface area (TPSA) is 101 Å². The lowest BCUT2D eigenvalue weighted by molar-refractivity contribution is 0.00526. The lowest BCUT2D eigenvalue weighted by Crippen LogP contribution is -2.44. The summed E-state index contributed by atoms with van der Waals surface area (Å²) in [5.74, 6) is -0.267. The van der Waals surface area contributed by atoms with Crippen molar-refractivity contribution in [2.24, 2.45) is 0 Å². The van der Waals surface area contributed by atoms with E-state index in [1.165, 1.54) is 0 Å². The van der Waals surface area contributed by atoms with Crippen molar-refractivity contribution in [2.75, 3.05) is 18.0 Å². The number of anilines is 2. The number of carbonyl (C=O) groups excluding carboxylic acids is 1. The van der Waals surface area contributed by atoms with Gasteiger partial charge < -0.3 is 21.9 Å². The molecule has 0 bridgehead atoms. The maximum absolute atomic E-state index is 12.0. The van der Waals surface area contributed by atoms with E-state index in [9.17, 15) is 9.90 Å². The third kappa shape index (κ3) is 3.38. The predicted octanol–water partition coefficient (Wildman–Crippen LogP) is 1.28. The van der Waals surface area contributed by atoms with Crippen LogP contribution in [0.5, 0.6) is 0 Å². The van der Waals surface area contributed by atoms with Crippen LogP contribution in [0.15, 0.2) is 18.2 Å². The summed E-state index contributed by atoms with van der Waals surface area (Å²) >= 11 is 0. The molecule has 1 aromatic rings. The molecule has 5 heteroatoms. The molecule has 2 rings (SSSR count). The van der Waals surface area contributed by atoms with Gasteiger partial charge in [0.15, 0.2) is 0 Å². The van der Waals surface area contributed by atoms with Gasteiger partial charge in [-0.05, 0) is 31.0 Å². The smallest absolute Gasteiger partial charge is 0.253 e. The predicted molar refractivity (Wildman–Crippen MR) is 75.6 cm³/mol. The standard InChI is InChI=1S/C14H21N3O2/c15-10-4-5-11(12(16)8-10)13(18)17-9-14(19)6-2-1-3-7-14/h4-5,8,19H,1-3,6-7,9,15-16H2,(H,17,18). The highest BCUT2D eigenvalue weighted by Crippen LogP contribution is 2.27. The maximum Gasteiger partial charge on any atom is 0.253 e. The van der Waals surface area contributed by atoms with Crippen molar-refractivity contribution in [3.63, 3.8) is 0 Å². The summed E-state index contributed by atoms with van der Waals surface area (Å²) < 4.78 is 0. The molecule has 0 heterocycles. The molecule has 0 aliphatic heterocycles. The van der Waals surface area contributed by atoms with Crippen LogP contribution in [0, 0.1) is 0 Å². The van der Waals surface area contributed by atoms with Crippen LogP contribution in [-0.4, -0.2) is 23.2 Å². The first-order valence-corrected chi connectivity index (χ1v) is 6.66. The summed E-state index contributed by atoms with van der Waals surface area (Å²) in [6.07, 6.45) is 4.66. The van der Waals surface area contributed by atoms with Crippen LogP contribution in [0.3, 0.4) is 0 Å². The zero-order valence-corrected chi connectivity index (χ0v) is 11.0. The third-order valence-electron chi connectivity index (χ3n) is 3.68. The van der Waals surface area contributed by atoms with Gasteiger partial charge in [-0.3, -0.25) is 4.79 Å². The van der Waals surface area contributed by atoms with E-state index >= 15 is 0 Å². The van der Waals surface area contributed by atoms with E-state index in [1.807, 2.05) is 0 Å². The molecule has 5 nitrogen and oxygen atoms in total. The van der Waals surface area contributed by atoms with Crippen LogP contribution in [0.2, 0.25) is 0 Å². The fourth-order valence-electron chi connectivity index (χ4n) is 2.51. The quantitative estimate of drug-likeness (QED) is 0.617. The van der Waals surface area contributed by atoms with E-state index in [0.29, 0.717) is 16.9 Å².